The van der Waals surface area contributed by atoms with Crippen molar-refractivity contribution in [3.05, 3.63) is 35.4 Å². The molecule has 2 atom stereocenters. The van der Waals surface area contributed by atoms with Gasteiger partial charge in [0.2, 0.25) is 5.91 Å². The number of carbonyl (C=O) groups is 2. The number of aliphatic hydroxyl groups excluding tert-OH is 1. The molecule has 1 aromatic rings. The van der Waals surface area contributed by atoms with Crippen molar-refractivity contribution in [1.29, 1.82) is 0 Å². The molecule has 0 radical (unpaired) electrons. The number of likely N-dealkylation sites (tertiary alicyclic amines) is 1. The lowest BCUT2D eigenvalue weighted by Crippen LogP contribution is -2.40. The summed E-state index contributed by atoms with van der Waals surface area (Å²) < 4.78 is 26.6. The van der Waals surface area contributed by atoms with Crippen molar-refractivity contribution >= 4 is 17.5 Å². The van der Waals surface area contributed by atoms with Crippen LogP contribution in [0.15, 0.2) is 23.3 Å². The topological polar surface area (TPSA) is 73.2 Å². The maximum absolute atomic E-state index is 13.5. The molecule has 6 nitrogen and oxygen atoms in total. The van der Waals surface area contributed by atoms with Crippen molar-refractivity contribution in [2.24, 2.45) is 5.10 Å². The Balaban J connectivity index is 1.87. The maximum Gasteiger partial charge on any atom is 0.270 e. The number of hydrazone groups is 1. The van der Waals surface area contributed by atoms with Crippen LogP contribution in [0.4, 0.5) is 8.78 Å². The van der Waals surface area contributed by atoms with Crippen molar-refractivity contribution in [1.82, 2.24) is 9.91 Å². The molecule has 0 aromatic heterocycles. The van der Waals surface area contributed by atoms with E-state index in [1.807, 2.05) is 0 Å². The van der Waals surface area contributed by atoms with Crippen LogP contribution in [0, 0.1) is 11.6 Å². The van der Waals surface area contributed by atoms with Crippen LogP contribution in [0.5, 0.6) is 0 Å². The second-order valence-electron chi connectivity index (χ2n) is 6.00. The molecule has 2 aliphatic rings. The van der Waals surface area contributed by atoms with Gasteiger partial charge < -0.3 is 10.0 Å². The molecule has 2 aliphatic heterocycles. The van der Waals surface area contributed by atoms with E-state index < -0.39 is 29.7 Å². The molecule has 2 heterocycles. The fraction of sp³-hybridized carbons (Fsp3) is 0.438. The first-order valence-electron chi connectivity index (χ1n) is 7.65. The molecule has 3 rings (SSSR count). The fourth-order valence-corrected chi connectivity index (χ4v) is 3.06. The van der Waals surface area contributed by atoms with Gasteiger partial charge in [0, 0.05) is 26.4 Å². The summed E-state index contributed by atoms with van der Waals surface area (Å²) in [6, 6.07) is 2.88. The highest BCUT2D eigenvalue weighted by Crippen LogP contribution is 2.33. The van der Waals surface area contributed by atoms with Gasteiger partial charge in [0.15, 0.2) is 11.6 Å². The normalized spacial score (nSPS) is 24.3. The van der Waals surface area contributed by atoms with Crippen molar-refractivity contribution in [2.45, 2.75) is 31.4 Å². The lowest BCUT2D eigenvalue weighted by Gasteiger charge is -2.27. The minimum Gasteiger partial charge on any atom is -0.391 e. The second kappa shape index (κ2) is 6.27. The molecular formula is C16H17F2N3O3. The first kappa shape index (κ1) is 16.5. The number of β-amino-alcohol motifs (C(OH)–C–C–N with tert-alkyl or cyclic N) is 1. The molecule has 1 fully saturated rings. The van der Waals surface area contributed by atoms with Crippen LogP contribution >= 0.6 is 0 Å². The van der Waals surface area contributed by atoms with E-state index in [4.69, 9.17) is 0 Å². The first-order valence-corrected chi connectivity index (χ1v) is 7.65. The number of rotatable bonds is 2. The molecule has 2 unspecified atom stereocenters. The molecule has 1 saturated heterocycles. The molecule has 128 valence electrons. The Kier molecular flexibility index (Phi) is 4.31. The zero-order valence-corrected chi connectivity index (χ0v) is 13.1. The Hall–Kier alpha value is -2.35. The summed E-state index contributed by atoms with van der Waals surface area (Å²) in [5, 5.41) is 15.0. The lowest BCUT2D eigenvalue weighted by atomic mass is 10.0. The highest BCUT2D eigenvalue weighted by Gasteiger charge is 2.38. The van der Waals surface area contributed by atoms with E-state index in [-0.39, 0.29) is 37.4 Å². The Bertz CT molecular complexity index is 723. The van der Waals surface area contributed by atoms with Crippen LogP contribution in [0.2, 0.25) is 0 Å². The second-order valence-corrected chi connectivity index (χ2v) is 6.00. The summed E-state index contributed by atoms with van der Waals surface area (Å²) in [4.78, 5) is 25.6. The molecule has 8 heteroatoms. The molecular weight excluding hydrogens is 320 g/mol. The standard InChI is InChI=1S/C16H17F2N3O3/c1-20-15(23)5-4-13(19-20)16(24)21-8-10(22)7-14(21)9-2-3-11(17)12(18)6-9/h2-3,6,10,14,22H,4-5,7-8H2,1H3. The Morgan fingerprint density at radius 2 is 2.04 bits per heavy atom. The summed E-state index contributed by atoms with van der Waals surface area (Å²) in [7, 11) is 1.47. The Morgan fingerprint density at radius 1 is 1.29 bits per heavy atom. The predicted octanol–water partition coefficient (Wildman–Crippen LogP) is 1.21. The third-order valence-electron chi connectivity index (χ3n) is 4.32. The highest BCUT2D eigenvalue weighted by molar-refractivity contribution is 6.39. The zero-order valence-electron chi connectivity index (χ0n) is 13.1. The molecule has 24 heavy (non-hydrogen) atoms. The first-order chi connectivity index (χ1) is 11.4. The summed E-state index contributed by atoms with van der Waals surface area (Å²) >= 11 is 0. The van der Waals surface area contributed by atoms with Crippen LogP contribution in [-0.4, -0.2) is 52.2 Å². The summed E-state index contributed by atoms with van der Waals surface area (Å²) in [6.07, 6.45) is -0.110. The number of aliphatic hydroxyl groups is 1. The smallest absolute Gasteiger partial charge is 0.270 e. The zero-order chi connectivity index (χ0) is 17.4. The van der Waals surface area contributed by atoms with Gasteiger partial charge in [-0.2, -0.15) is 5.10 Å². The Morgan fingerprint density at radius 3 is 2.71 bits per heavy atom. The van der Waals surface area contributed by atoms with Gasteiger partial charge in [-0.1, -0.05) is 6.07 Å². The van der Waals surface area contributed by atoms with E-state index in [1.54, 1.807) is 0 Å². The number of hydrogen-bond acceptors (Lipinski definition) is 4. The van der Waals surface area contributed by atoms with Crippen LogP contribution in [-0.2, 0) is 9.59 Å². The quantitative estimate of drug-likeness (QED) is 0.881. The van der Waals surface area contributed by atoms with Gasteiger partial charge in [-0.3, -0.25) is 9.59 Å². The molecule has 0 spiro atoms. The van der Waals surface area contributed by atoms with Crippen molar-refractivity contribution in [3.8, 4) is 0 Å². The van der Waals surface area contributed by atoms with Gasteiger partial charge in [0.05, 0.1) is 12.1 Å². The van der Waals surface area contributed by atoms with E-state index in [0.29, 0.717) is 5.56 Å². The number of amides is 2. The highest BCUT2D eigenvalue weighted by atomic mass is 19.2. The van der Waals surface area contributed by atoms with Crippen molar-refractivity contribution < 1.29 is 23.5 Å². The van der Waals surface area contributed by atoms with E-state index in [9.17, 15) is 23.5 Å². The fourth-order valence-electron chi connectivity index (χ4n) is 3.06. The van der Waals surface area contributed by atoms with Gasteiger partial charge in [0.25, 0.3) is 5.91 Å². The third kappa shape index (κ3) is 3.01. The van der Waals surface area contributed by atoms with Gasteiger partial charge in [-0.25, -0.2) is 13.8 Å². The van der Waals surface area contributed by atoms with E-state index in [2.05, 4.69) is 5.10 Å². The molecule has 0 bridgehead atoms. The Labute approximate surface area is 137 Å². The molecule has 1 N–H and O–H groups in total. The maximum atomic E-state index is 13.5. The van der Waals surface area contributed by atoms with Crippen molar-refractivity contribution in [2.75, 3.05) is 13.6 Å². The van der Waals surface area contributed by atoms with E-state index >= 15 is 0 Å². The number of nitrogens with zero attached hydrogens (tertiary/aromatic N) is 3. The average molecular weight is 337 g/mol. The number of benzene rings is 1. The molecule has 0 aliphatic carbocycles. The van der Waals surface area contributed by atoms with Crippen LogP contribution in [0.25, 0.3) is 0 Å². The van der Waals surface area contributed by atoms with Crippen LogP contribution in [0.3, 0.4) is 0 Å². The largest absolute Gasteiger partial charge is 0.391 e. The van der Waals surface area contributed by atoms with E-state index in [0.717, 1.165) is 17.1 Å². The van der Waals surface area contributed by atoms with Crippen molar-refractivity contribution in [3.63, 3.8) is 0 Å². The molecule has 2 amide bonds. The average Bonchev–Trinajstić information content (AvgIpc) is 2.94. The van der Waals surface area contributed by atoms with Gasteiger partial charge in [-0.05, 0) is 24.1 Å². The van der Waals surface area contributed by atoms with E-state index in [1.165, 1.54) is 18.0 Å². The minimum absolute atomic E-state index is 0.0825. The summed E-state index contributed by atoms with van der Waals surface area (Å²) in [5.74, 6) is -2.54. The van der Waals surface area contributed by atoms with Crippen LogP contribution < -0.4 is 0 Å². The molecule has 0 saturated carbocycles. The van der Waals surface area contributed by atoms with Crippen LogP contribution in [0.1, 0.15) is 30.9 Å². The van der Waals surface area contributed by atoms with Gasteiger partial charge in [0.1, 0.15) is 5.71 Å². The lowest BCUT2D eigenvalue weighted by molar-refractivity contribution is -0.130. The van der Waals surface area contributed by atoms with Gasteiger partial charge in [-0.15, -0.1) is 0 Å². The summed E-state index contributed by atoms with van der Waals surface area (Å²) in [5.41, 5.74) is 0.637. The monoisotopic (exact) mass is 337 g/mol. The molecule has 1 aromatic carbocycles. The number of carbonyl (C=O) groups excluding carboxylic acids is 2. The van der Waals surface area contributed by atoms with Gasteiger partial charge >= 0.3 is 0 Å². The number of hydrogen-bond donors (Lipinski definition) is 1. The number of halogens is 2. The minimum atomic E-state index is -0.998. The SMILES string of the molecule is CN1N=C(C(=O)N2CC(O)CC2c2ccc(F)c(F)c2)CCC1=O. The third-order valence-corrected chi connectivity index (χ3v) is 4.32. The summed E-state index contributed by atoms with van der Waals surface area (Å²) in [6.45, 7) is 0.0825. The predicted molar refractivity (Wildman–Crippen MR) is 80.9 cm³/mol.